The number of carboxylic acids is 1. The zero-order valence-corrected chi connectivity index (χ0v) is 13.7. The van der Waals surface area contributed by atoms with E-state index in [4.69, 9.17) is 5.11 Å². The molecule has 0 radical (unpaired) electrons. The fourth-order valence-corrected chi connectivity index (χ4v) is 3.61. The Morgan fingerprint density at radius 1 is 1.48 bits per heavy atom. The van der Waals surface area contributed by atoms with Crippen LogP contribution in [0.4, 0.5) is 0 Å². The van der Waals surface area contributed by atoms with Crippen molar-refractivity contribution in [1.82, 2.24) is 9.88 Å². The standard InChI is InChI=1S/C14H20N2O3S2/c1-10-15-11(9-21-10)8-20-7-5-13(17)16(12-2-3-12)6-4-14(18)19/h9,12H,2-8H2,1H3,(H,18,19). The minimum atomic E-state index is -0.846. The highest BCUT2D eigenvalue weighted by Gasteiger charge is 2.32. The van der Waals surface area contributed by atoms with Gasteiger partial charge >= 0.3 is 5.97 Å². The predicted molar refractivity (Wildman–Crippen MR) is 84.6 cm³/mol. The van der Waals surface area contributed by atoms with Crippen molar-refractivity contribution in [2.24, 2.45) is 0 Å². The van der Waals surface area contributed by atoms with Crippen molar-refractivity contribution in [2.45, 2.75) is 44.4 Å². The first-order chi connectivity index (χ1) is 10.1. The van der Waals surface area contributed by atoms with Gasteiger partial charge in [-0.2, -0.15) is 11.8 Å². The van der Waals surface area contributed by atoms with Crippen LogP contribution in [0, 0.1) is 6.92 Å². The summed E-state index contributed by atoms with van der Waals surface area (Å²) < 4.78 is 0. The SMILES string of the molecule is Cc1nc(CSCCC(=O)N(CCC(=O)O)C2CC2)cs1. The molecule has 1 aromatic heterocycles. The first kappa shape index (κ1) is 16.3. The molecule has 2 rings (SSSR count). The minimum absolute atomic E-state index is 0.0352. The second-order valence-electron chi connectivity index (χ2n) is 5.12. The molecule has 0 atom stereocenters. The lowest BCUT2D eigenvalue weighted by Crippen LogP contribution is -2.35. The Morgan fingerprint density at radius 3 is 2.81 bits per heavy atom. The van der Waals surface area contributed by atoms with Crippen molar-refractivity contribution < 1.29 is 14.7 Å². The van der Waals surface area contributed by atoms with Gasteiger partial charge < -0.3 is 10.0 Å². The van der Waals surface area contributed by atoms with E-state index in [0.717, 1.165) is 35.0 Å². The van der Waals surface area contributed by atoms with E-state index < -0.39 is 5.97 Å². The number of carbonyl (C=O) groups is 2. The van der Waals surface area contributed by atoms with Crippen LogP contribution >= 0.6 is 23.1 Å². The van der Waals surface area contributed by atoms with Crippen LogP contribution in [0.25, 0.3) is 0 Å². The summed E-state index contributed by atoms with van der Waals surface area (Å²) in [5, 5.41) is 11.9. The number of carbonyl (C=O) groups excluding carboxylic acids is 1. The van der Waals surface area contributed by atoms with Crippen LogP contribution in [0.3, 0.4) is 0 Å². The van der Waals surface area contributed by atoms with Gasteiger partial charge in [0.2, 0.25) is 5.91 Å². The minimum Gasteiger partial charge on any atom is -0.481 e. The number of aromatic nitrogens is 1. The number of thiazole rings is 1. The van der Waals surface area contributed by atoms with Crippen LogP contribution in [-0.4, -0.2) is 45.2 Å². The maximum absolute atomic E-state index is 12.2. The van der Waals surface area contributed by atoms with Gasteiger partial charge in [-0.25, -0.2) is 4.98 Å². The zero-order chi connectivity index (χ0) is 15.2. The molecule has 0 aromatic carbocycles. The first-order valence-electron chi connectivity index (χ1n) is 7.06. The second-order valence-corrected chi connectivity index (χ2v) is 7.29. The Hall–Kier alpha value is -1.08. The number of hydrogen-bond donors (Lipinski definition) is 1. The third-order valence-corrected chi connectivity index (χ3v) is 5.07. The average Bonchev–Trinajstić information content (AvgIpc) is 3.17. The van der Waals surface area contributed by atoms with Crippen LogP contribution in [0.5, 0.6) is 0 Å². The molecule has 1 N–H and O–H groups in total. The van der Waals surface area contributed by atoms with E-state index >= 15 is 0 Å². The summed E-state index contributed by atoms with van der Waals surface area (Å²) in [5.74, 6) is 0.824. The van der Waals surface area contributed by atoms with Gasteiger partial charge in [0.05, 0.1) is 17.1 Å². The molecule has 0 unspecified atom stereocenters. The van der Waals surface area contributed by atoms with E-state index in [9.17, 15) is 9.59 Å². The molecule has 0 bridgehead atoms. The van der Waals surface area contributed by atoms with Crippen LogP contribution in [0.2, 0.25) is 0 Å². The molecule has 1 aliphatic rings. The highest BCUT2D eigenvalue weighted by atomic mass is 32.2. The highest BCUT2D eigenvalue weighted by Crippen LogP contribution is 2.28. The molecule has 5 nitrogen and oxygen atoms in total. The van der Waals surface area contributed by atoms with E-state index in [0.29, 0.717) is 13.0 Å². The summed E-state index contributed by atoms with van der Waals surface area (Å²) in [5.41, 5.74) is 1.07. The summed E-state index contributed by atoms with van der Waals surface area (Å²) in [4.78, 5) is 28.9. The highest BCUT2D eigenvalue weighted by molar-refractivity contribution is 7.98. The molecule has 116 valence electrons. The Morgan fingerprint density at radius 2 is 2.24 bits per heavy atom. The van der Waals surface area contributed by atoms with E-state index in [-0.39, 0.29) is 18.4 Å². The molecular weight excluding hydrogens is 308 g/mol. The number of carboxylic acid groups (broad SMARTS) is 1. The lowest BCUT2D eigenvalue weighted by atomic mass is 10.3. The van der Waals surface area contributed by atoms with Crippen LogP contribution in [0.1, 0.15) is 36.4 Å². The normalized spacial score (nSPS) is 14.1. The largest absolute Gasteiger partial charge is 0.481 e. The van der Waals surface area contributed by atoms with Crippen molar-refractivity contribution in [3.8, 4) is 0 Å². The van der Waals surface area contributed by atoms with Crippen LogP contribution in [0.15, 0.2) is 5.38 Å². The van der Waals surface area contributed by atoms with Crippen molar-refractivity contribution in [2.75, 3.05) is 12.3 Å². The number of hydrogen-bond acceptors (Lipinski definition) is 5. The third-order valence-electron chi connectivity index (χ3n) is 3.25. The fourth-order valence-electron chi connectivity index (χ4n) is 2.07. The Bertz CT molecular complexity index is 500. The lowest BCUT2D eigenvalue weighted by molar-refractivity contribution is -0.138. The molecule has 0 spiro atoms. The monoisotopic (exact) mass is 328 g/mol. The van der Waals surface area contributed by atoms with Crippen LogP contribution in [-0.2, 0) is 15.3 Å². The number of rotatable bonds is 9. The van der Waals surface area contributed by atoms with E-state index in [1.807, 2.05) is 12.3 Å². The quantitative estimate of drug-likeness (QED) is 0.705. The number of aryl methyl sites for hydroxylation is 1. The smallest absolute Gasteiger partial charge is 0.305 e. The molecule has 1 heterocycles. The van der Waals surface area contributed by atoms with Crippen molar-refractivity contribution in [3.63, 3.8) is 0 Å². The van der Waals surface area contributed by atoms with Crippen molar-refractivity contribution in [3.05, 3.63) is 16.1 Å². The number of nitrogens with zero attached hydrogens (tertiary/aromatic N) is 2. The van der Waals surface area contributed by atoms with Gasteiger partial charge in [0.15, 0.2) is 0 Å². The van der Waals surface area contributed by atoms with Gasteiger partial charge in [-0.15, -0.1) is 11.3 Å². The van der Waals surface area contributed by atoms with Gasteiger partial charge in [-0.05, 0) is 19.8 Å². The van der Waals surface area contributed by atoms with Crippen molar-refractivity contribution in [1.29, 1.82) is 0 Å². The third kappa shape index (κ3) is 5.67. The number of amides is 1. The van der Waals surface area contributed by atoms with Gasteiger partial charge in [-0.3, -0.25) is 9.59 Å². The second kappa shape index (κ2) is 7.79. The molecule has 1 fully saturated rings. The molecule has 21 heavy (non-hydrogen) atoms. The van der Waals surface area contributed by atoms with Crippen molar-refractivity contribution >= 4 is 35.0 Å². The molecule has 0 aliphatic heterocycles. The zero-order valence-electron chi connectivity index (χ0n) is 12.1. The fraction of sp³-hybridized carbons (Fsp3) is 0.643. The predicted octanol–water partition coefficient (Wildman–Crippen LogP) is 2.54. The summed E-state index contributed by atoms with van der Waals surface area (Å²) in [6, 6.07) is 0.281. The lowest BCUT2D eigenvalue weighted by Gasteiger charge is -2.21. The molecule has 7 heteroatoms. The molecule has 1 saturated carbocycles. The van der Waals surface area contributed by atoms with Crippen LogP contribution < -0.4 is 0 Å². The topological polar surface area (TPSA) is 70.5 Å². The first-order valence-corrected chi connectivity index (χ1v) is 9.09. The summed E-state index contributed by atoms with van der Waals surface area (Å²) >= 11 is 3.34. The maximum atomic E-state index is 12.2. The molecule has 1 aromatic rings. The van der Waals surface area contributed by atoms with Gasteiger partial charge in [0.25, 0.3) is 0 Å². The van der Waals surface area contributed by atoms with Gasteiger partial charge in [0.1, 0.15) is 0 Å². The molecule has 1 aliphatic carbocycles. The molecule has 0 saturated heterocycles. The van der Waals surface area contributed by atoms with E-state index in [1.165, 1.54) is 0 Å². The van der Waals surface area contributed by atoms with Gasteiger partial charge in [-0.1, -0.05) is 0 Å². The Kier molecular flexibility index (Phi) is 6.05. The number of thioether (sulfide) groups is 1. The molecule has 1 amide bonds. The molecular formula is C14H20N2O3S2. The number of aliphatic carboxylic acids is 1. The summed E-state index contributed by atoms with van der Waals surface area (Å²) in [7, 11) is 0. The summed E-state index contributed by atoms with van der Waals surface area (Å²) in [6.45, 7) is 2.33. The maximum Gasteiger partial charge on any atom is 0.305 e. The van der Waals surface area contributed by atoms with E-state index in [1.54, 1.807) is 28.0 Å². The average molecular weight is 328 g/mol. The summed E-state index contributed by atoms with van der Waals surface area (Å²) in [6.07, 6.45) is 2.53. The Balaban J connectivity index is 1.68. The van der Waals surface area contributed by atoms with E-state index in [2.05, 4.69) is 4.98 Å². The Labute approximate surface area is 132 Å². The van der Waals surface area contributed by atoms with Gasteiger partial charge in [0, 0.05) is 35.9 Å².